The monoisotopic (exact) mass is 524 g/mol. The van der Waals surface area contributed by atoms with E-state index in [1.165, 1.54) is 12.1 Å². The predicted molar refractivity (Wildman–Crippen MR) is 144 cm³/mol. The van der Waals surface area contributed by atoms with Gasteiger partial charge in [-0.3, -0.25) is 0 Å². The maximum atomic E-state index is 12.7. The zero-order valence-electron chi connectivity index (χ0n) is 21.4. The van der Waals surface area contributed by atoms with Crippen LogP contribution >= 0.6 is 0 Å². The molecule has 2 aromatic heterocycles. The fraction of sp³-hybridized carbons (Fsp3) is 0.417. The average molecular weight is 525 g/mol. The van der Waals surface area contributed by atoms with Crippen molar-refractivity contribution in [1.82, 2.24) is 29.5 Å². The quantitative estimate of drug-likeness (QED) is 0.238. The van der Waals surface area contributed by atoms with Gasteiger partial charge in [0.05, 0.1) is 10.3 Å². The fourth-order valence-corrected chi connectivity index (χ4v) is 5.44. The zero-order chi connectivity index (χ0) is 26.6. The number of aromatic amines is 1. The highest BCUT2D eigenvalue weighted by Crippen LogP contribution is 2.28. The Labute approximate surface area is 217 Å². The molecule has 3 aromatic rings. The number of aromatic nitrogens is 3. The molecule has 37 heavy (non-hydrogen) atoms. The molecular formula is C24H32N10O2S. The number of guanidine groups is 1. The van der Waals surface area contributed by atoms with Crippen molar-refractivity contribution in [2.45, 2.75) is 24.8 Å². The summed E-state index contributed by atoms with van der Waals surface area (Å²) < 4.78 is 28.1. The van der Waals surface area contributed by atoms with E-state index in [1.54, 1.807) is 18.5 Å². The van der Waals surface area contributed by atoms with E-state index in [2.05, 4.69) is 41.8 Å². The molecule has 0 saturated carbocycles. The molecule has 1 atom stereocenters. The third kappa shape index (κ3) is 5.99. The Morgan fingerprint density at radius 2 is 2.14 bits per heavy atom. The van der Waals surface area contributed by atoms with Crippen molar-refractivity contribution in [3.63, 3.8) is 0 Å². The maximum absolute atomic E-state index is 12.7. The largest absolute Gasteiger partial charge is 0.352 e. The standard InChI is InChI=1S/C24H32N10O2S/c1-17-13-26-22-21(17)23(29-16-28-22)33-10-11-34(18(2)14-33)24(27-15-25)31-19-6-5-7-20(12-19)37(35,36)30-8-9-32(3)4/h5-7,12-13,16,18,30H,8-11,14H2,1-4H3,(H,27,31)(H,26,28,29). The molecular weight excluding hydrogens is 492 g/mol. The van der Waals surface area contributed by atoms with Crippen LogP contribution in [0.4, 0.5) is 11.5 Å². The third-order valence-corrected chi connectivity index (χ3v) is 7.71. The second kappa shape index (κ2) is 11.1. The summed E-state index contributed by atoms with van der Waals surface area (Å²) in [6.45, 7) is 6.89. The number of benzene rings is 1. The molecule has 0 amide bonds. The molecule has 0 radical (unpaired) electrons. The number of nitriles is 1. The predicted octanol–water partition coefficient (Wildman–Crippen LogP) is 1.57. The van der Waals surface area contributed by atoms with Gasteiger partial charge in [-0.25, -0.2) is 23.1 Å². The second-order valence-electron chi connectivity index (χ2n) is 9.27. The number of hydrogen-bond donors (Lipinski definition) is 3. The van der Waals surface area contributed by atoms with E-state index in [4.69, 9.17) is 0 Å². The minimum atomic E-state index is -3.67. The number of hydrogen-bond acceptors (Lipinski definition) is 8. The number of anilines is 2. The lowest BCUT2D eigenvalue weighted by molar-refractivity contribution is 0.297. The van der Waals surface area contributed by atoms with Gasteiger partial charge in [0.1, 0.15) is 17.8 Å². The van der Waals surface area contributed by atoms with Crippen LogP contribution in [0.5, 0.6) is 0 Å². The van der Waals surface area contributed by atoms with E-state index < -0.39 is 10.0 Å². The highest BCUT2D eigenvalue weighted by atomic mass is 32.2. The minimum Gasteiger partial charge on any atom is -0.352 e. The first-order valence-corrected chi connectivity index (χ1v) is 13.5. The summed E-state index contributed by atoms with van der Waals surface area (Å²) in [6, 6.07) is 6.49. The van der Waals surface area contributed by atoms with E-state index in [0.717, 1.165) is 22.4 Å². The molecule has 4 rings (SSSR count). The molecule has 12 nitrogen and oxygen atoms in total. The van der Waals surface area contributed by atoms with Crippen molar-refractivity contribution in [3.8, 4) is 6.19 Å². The van der Waals surface area contributed by atoms with Crippen LogP contribution in [0.25, 0.3) is 11.0 Å². The Morgan fingerprint density at radius 1 is 1.32 bits per heavy atom. The SMILES string of the molecule is Cc1c[nH]c2ncnc(N3CCN(C(=NC#N)Nc4cccc(S(=O)(=O)NCCN(C)C)c4)C(C)C3)c12. The number of sulfonamides is 1. The first-order chi connectivity index (χ1) is 17.7. The summed E-state index contributed by atoms with van der Waals surface area (Å²) in [5, 5.41) is 13.5. The lowest BCUT2D eigenvalue weighted by atomic mass is 10.1. The number of H-pyrrole nitrogens is 1. The zero-order valence-corrected chi connectivity index (χ0v) is 22.2. The highest BCUT2D eigenvalue weighted by Gasteiger charge is 2.29. The molecule has 3 N–H and O–H groups in total. The number of likely N-dealkylation sites (N-methyl/N-ethyl adjacent to an activating group) is 1. The fourth-order valence-electron chi connectivity index (χ4n) is 4.37. The molecule has 196 valence electrons. The molecule has 1 aliphatic rings. The number of piperazine rings is 1. The van der Waals surface area contributed by atoms with Gasteiger partial charge in [-0.05, 0) is 51.7 Å². The lowest BCUT2D eigenvalue weighted by Crippen LogP contribution is -2.56. The summed E-state index contributed by atoms with van der Waals surface area (Å²) in [7, 11) is 0.0869. The minimum absolute atomic E-state index is 0.00257. The molecule has 1 aromatic carbocycles. The van der Waals surface area contributed by atoms with Crippen molar-refractivity contribution in [2.75, 3.05) is 57.0 Å². The first-order valence-electron chi connectivity index (χ1n) is 12.0. The van der Waals surface area contributed by atoms with Crippen molar-refractivity contribution < 1.29 is 8.42 Å². The number of aryl methyl sites for hydroxylation is 1. The molecule has 1 saturated heterocycles. The number of nitrogens with one attached hydrogen (secondary N) is 3. The summed E-state index contributed by atoms with van der Waals surface area (Å²) in [4.78, 5) is 22.3. The van der Waals surface area contributed by atoms with Crippen LogP contribution in [0, 0.1) is 18.4 Å². The summed E-state index contributed by atoms with van der Waals surface area (Å²) in [5.41, 5.74) is 2.41. The topological polar surface area (TPSA) is 146 Å². The van der Waals surface area contributed by atoms with Gasteiger partial charge < -0.3 is 25.0 Å². The molecule has 0 bridgehead atoms. The van der Waals surface area contributed by atoms with Crippen LogP contribution in [-0.2, 0) is 10.0 Å². The Morgan fingerprint density at radius 3 is 2.86 bits per heavy atom. The molecule has 3 heterocycles. The Bertz CT molecular complexity index is 1430. The maximum Gasteiger partial charge on any atom is 0.240 e. The van der Waals surface area contributed by atoms with Crippen LogP contribution in [-0.4, -0.2) is 92.0 Å². The van der Waals surface area contributed by atoms with Gasteiger partial charge in [0.15, 0.2) is 0 Å². The Kier molecular flexibility index (Phi) is 7.91. The Balaban J connectivity index is 1.49. The summed E-state index contributed by atoms with van der Waals surface area (Å²) >= 11 is 0. The summed E-state index contributed by atoms with van der Waals surface area (Å²) in [5.74, 6) is 1.25. The normalized spacial score (nSPS) is 16.9. The van der Waals surface area contributed by atoms with E-state index in [-0.39, 0.29) is 10.9 Å². The smallest absolute Gasteiger partial charge is 0.240 e. The van der Waals surface area contributed by atoms with Crippen molar-refractivity contribution >= 4 is 38.5 Å². The molecule has 1 unspecified atom stereocenters. The van der Waals surface area contributed by atoms with Crippen LogP contribution in [0.15, 0.2) is 46.7 Å². The van der Waals surface area contributed by atoms with Crippen LogP contribution < -0.4 is 14.9 Å². The van der Waals surface area contributed by atoms with Gasteiger partial charge in [0, 0.05) is 50.6 Å². The van der Waals surface area contributed by atoms with Gasteiger partial charge in [-0.1, -0.05) is 6.07 Å². The lowest BCUT2D eigenvalue weighted by Gasteiger charge is -2.41. The van der Waals surface area contributed by atoms with E-state index >= 15 is 0 Å². The molecule has 1 aliphatic heterocycles. The second-order valence-corrected chi connectivity index (χ2v) is 11.0. The number of nitrogens with zero attached hydrogens (tertiary/aromatic N) is 7. The molecule has 1 fully saturated rings. The molecule has 0 spiro atoms. The van der Waals surface area contributed by atoms with Crippen molar-refractivity contribution in [2.24, 2.45) is 4.99 Å². The number of fused-ring (bicyclic) bond motifs is 1. The van der Waals surface area contributed by atoms with Gasteiger partial charge in [-0.2, -0.15) is 5.26 Å². The van der Waals surface area contributed by atoms with E-state index in [0.29, 0.717) is 44.4 Å². The number of rotatable bonds is 7. The van der Waals surface area contributed by atoms with Crippen LogP contribution in [0.1, 0.15) is 12.5 Å². The van der Waals surface area contributed by atoms with Crippen LogP contribution in [0.2, 0.25) is 0 Å². The molecule has 0 aliphatic carbocycles. The Hall–Kier alpha value is -3.73. The van der Waals surface area contributed by atoms with Gasteiger partial charge in [-0.15, -0.1) is 4.99 Å². The first kappa shape index (κ1) is 26.3. The van der Waals surface area contributed by atoms with E-state index in [1.807, 2.05) is 43.2 Å². The van der Waals surface area contributed by atoms with Crippen LogP contribution in [0.3, 0.4) is 0 Å². The van der Waals surface area contributed by atoms with Gasteiger partial charge >= 0.3 is 0 Å². The van der Waals surface area contributed by atoms with Crippen molar-refractivity contribution in [3.05, 3.63) is 42.4 Å². The van der Waals surface area contributed by atoms with E-state index in [9.17, 15) is 13.7 Å². The third-order valence-electron chi connectivity index (χ3n) is 6.25. The van der Waals surface area contributed by atoms with Gasteiger partial charge in [0.25, 0.3) is 0 Å². The van der Waals surface area contributed by atoms with Crippen molar-refractivity contribution in [1.29, 1.82) is 5.26 Å². The number of aliphatic imine (C=N–C) groups is 1. The molecule has 13 heteroatoms. The summed E-state index contributed by atoms with van der Waals surface area (Å²) in [6.07, 6.45) is 5.36. The van der Waals surface area contributed by atoms with Gasteiger partial charge in [0.2, 0.25) is 22.2 Å². The highest BCUT2D eigenvalue weighted by molar-refractivity contribution is 7.89. The average Bonchev–Trinajstić information content (AvgIpc) is 3.24.